The normalized spacial score (nSPS) is 15.7. The lowest BCUT2D eigenvalue weighted by Crippen LogP contribution is -2.32. The summed E-state index contributed by atoms with van der Waals surface area (Å²) < 4.78 is 9.67. The molecule has 0 amide bonds. The van der Waals surface area contributed by atoms with Crippen LogP contribution in [-0.4, -0.2) is 26.2 Å². The van der Waals surface area contributed by atoms with Crippen molar-refractivity contribution in [2.75, 3.05) is 19.1 Å². The van der Waals surface area contributed by atoms with Crippen molar-refractivity contribution in [3.8, 4) is 0 Å². The first-order chi connectivity index (χ1) is 12.5. The second-order valence-corrected chi connectivity index (χ2v) is 6.52. The largest absolute Gasteiger partial charge is 0.468 e. The molecule has 0 fully saturated rings. The first kappa shape index (κ1) is 18.0. The van der Waals surface area contributed by atoms with Gasteiger partial charge >= 0.3 is 11.9 Å². The number of hydrogen-bond acceptors (Lipinski definition) is 5. The van der Waals surface area contributed by atoms with Gasteiger partial charge in [0.05, 0.1) is 20.3 Å². The van der Waals surface area contributed by atoms with Gasteiger partial charge in [-0.25, -0.2) is 0 Å². The van der Waals surface area contributed by atoms with Crippen LogP contribution in [0, 0.1) is 12.8 Å². The van der Waals surface area contributed by atoms with Gasteiger partial charge in [-0.3, -0.25) is 9.59 Å². The first-order valence-electron chi connectivity index (χ1n) is 8.62. The lowest BCUT2D eigenvalue weighted by atomic mass is 9.94. The van der Waals surface area contributed by atoms with Gasteiger partial charge in [-0.05, 0) is 42.2 Å². The second-order valence-electron chi connectivity index (χ2n) is 6.52. The number of aryl methyl sites for hydroxylation is 1. The summed E-state index contributed by atoms with van der Waals surface area (Å²) in [5.74, 6) is -2.08. The minimum atomic E-state index is -0.950. The molecular formula is C21H23NO4. The van der Waals surface area contributed by atoms with Gasteiger partial charge in [0, 0.05) is 12.2 Å². The van der Waals surface area contributed by atoms with Crippen molar-refractivity contribution < 1.29 is 19.1 Å². The van der Waals surface area contributed by atoms with E-state index in [0.717, 1.165) is 23.4 Å². The number of methoxy groups -OCH3 is 2. The molecule has 2 aromatic carbocycles. The number of hydrogen-bond donors (Lipinski definition) is 0. The minimum Gasteiger partial charge on any atom is -0.468 e. The molecule has 1 unspecified atom stereocenters. The maximum absolute atomic E-state index is 12.2. The van der Waals surface area contributed by atoms with Crippen LogP contribution < -0.4 is 4.90 Å². The molecule has 3 rings (SSSR count). The molecule has 5 heteroatoms. The number of benzene rings is 2. The van der Waals surface area contributed by atoms with Crippen LogP contribution >= 0.6 is 0 Å². The Kier molecular flexibility index (Phi) is 5.26. The Morgan fingerprint density at radius 2 is 1.77 bits per heavy atom. The van der Waals surface area contributed by atoms with Gasteiger partial charge in [-0.2, -0.15) is 0 Å². The van der Waals surface area contributed by atoms with Crippen molar-refractivity contribution in [2.24, 2.45) is 5.92 Å². The number of anilines is 1. The fraction of sp³-hybridized carbons (Fsp3) is 0.333. The van der Waals surface area contributed by atoms with Crippen molar-refractivity contribution in [2.45, 2.75) is 25.9 Å². The molecule has 5 nitrogen and oxygen atoms in total. The van der Waals surface area contributed by atoms with Crippen LogP contribution in [0.1, 0.15) is 29.2 Å². The number of carbonyl (C=O) groups is 2. The molecule has 1 atom stereocenters. The van der Waals surface area contributed by atoms with Gasteiger partial charge in [-0.15, -0.1) is 0 Å². The lowest BCUT2D eigenvalue weighted by molar-refractivity contribution is -0.159. The van der Waals surface area contributed by atoms with E-state index in [2.05, 4.69) is 29.2 Å². The van der Waals surface area contributed by atoms with Crippen LogP contribution in [0.4, 0.5) is 5.69 Å². The van der Waals surface area contributed by atoms with Crippen LogP contribution in [0.25, 0.3) is 0 Å². The van der Waals surface area contributed by atoms with E-state index in [-0.39, 0.29) is 6.04 Å². The second kappa shape index (κ2) is 7.60. The van der Waals surface area contributed by atoms with Crippen LogP contribution in [0.3, 0.4) is 0 Å². The number of nitrogens with zero attached hydrogens (tertiary/aromatic N) is 1. The van der Waals surface area contributed by atoms with Gasteiger partial charge in [0.15, 0.2) is 5.92 Å². The summed E-state index contributed by atoms with van der Waals surface area (Å²) in [6.07, 6.45) is 0.310. The Bertz CT molecular complexity index is 801. The number of esters is 2. The third-order valence-electron chi connectivity index (χ3n) is 4.89. The van der Waals surface area contributed by atoms with Crippen molar-refractivity contribution in [1.29, 1.82) is 0 Å². The van der Waals surface area contributed by atoms with Gasteiger partial charge in [0.25, 0.3) is 0 Å². The van der Waals surface area contributed by atoms with E-state index in [1.165, 1.54) is 19.8 Å². The van der Waals surface area contributed by atoms with E-state index >= 15 is 0 Å². The summed E-state index contributed by atoms with van der Waals surface area (Å²) in [6.45, 7) is 2.78. The van der Waals surface area contributed by atoms with Crippen molar-refractivity contribution >= 4 is 17.6 Å². The zero-order valence-corrected chi connectivity index (χ0v) is 15.3. The Labute approximate surface area is 153 Å². The van der Waals surface area contributed by atoms with Crippen molar-refractivity contribution in [3.05, 3.63) is 65.2 Å². The molecule has 1 heterocycles. The van der Waals surface area contributed by atoms with Crippen molar-refractivity contribution in [1.82, 2.24) is 0 Å². The van der Waals surface area contributed by atoms with E-state index in [4.69, 9.17) is 9.47 Å². The molecule has 0 saturated carbocycles. The molecule has 0 saturated heterocycles. The highest BCUT2D eigenvalue weighted by atomic mass is 16.5. The monoisotopic (exact) mass is 353 g/mol. The lowest BCUT2D eigenvalue weighted by Gasteiger charge is -2.29. The predicted molar refractivity (Wildman–Crippen MR) is 98.7 cm³/mol. The average molecular weight is 353 g/mol. The molecule has 0 bridgehead atoms. The summed E-state index contributed by atoms with van der Waals surface area (Å²) in [6, 6.07) is 16.3. The highest BCUT2D eigenvalue weighted by molar-refractivity contribution is 5.95. The number of carbonyl (C=O) groups excluding carboxylic acids is 2. The highest BCUT2D eigenvalue weighted by Gasteiger charge is 2.38. The van der Waals surface area contributed by atoms with E-state index in [1.54, 1.807) is 0 Å². The Morgan fingerprint density at radius 1 is 1.08 bits per heavy atom. The third kappa shape index (κ3) is 3.43. The van der Waals surface area contributed by atoms with Gasteiger partial charge < -0.3 is 14.4 Å². The smallest absolute Gasteiger partial charge is 0.320 e. The zero-order valence-electron chi connectivity index (χ0n) is 15.3. The predicted octanol–water partition coefficient (Wildman–Crippen LogP) is 3.41. The molecule has 1 aliphatic rings. The van der Waals surface area contributed by atoms with Crippen molar-refractivity contribution in [3.63, 3.8) is 0 Å². The van der Waals surface area contributed by atoms with E-state index in [9.17, 15) is 9.59 Å². The van der Waals surface area contributed by atoms with E-state index < -0.39 is 17.9 Å². The van der Waals surface area contributed by atoms with Gasteiger partial charge in [0.1, 0.15) is 0 Å². The molecule has 0 aromatic heterocycles. The van der Waals surface area contributed by atoms with Crippen LogP contribution in [0.15, 0.2) is 48.5 Å². The summed E-state index contributed by atoms with van der Waals surface area (Å²) in [4.78, 5) is 26.6. The third-order valence-corrected chi connectivity index (χ3v) is 4.89. The number of rotatable bonds is 5. The van der Waals surface area contributed by atoms with E-state index in [1.807, 2.05) is 31.2 Å². The molecule has 0 radical (unpaired) electrons. The standard InChI is InChI=1S/C21H23NO4/c1-14-7-6-9-16(11-14)22-13-15-8-4-5-10-17(15)19(22)12-18(20(23)25-2)21(24)26-3/h4-11,18-19H,12-13H2,1-3H3. The quantitative estimate of drug-likeness (QED) is 0.609. The molecule has 2 aromatic rings. The molecule has 0 spiro atoms. The number of fused-ring (bicyclic) bond motifs is 1. The molecule has 0 aliphatic carbocycles. The minimum absolute atomic E-state index is 0.101. The molecular weight excluding hydrogens is 330 g/mol. The van der Waals surface area contributed by atoms with Crippen LogP contribution in [0.5, 0.6) is 0 Å². The molecule has 1 aliphatic heterocycles. The average Bonchev–Trinajstić information content (AvgIpc) is 3.03. The first-order valence-corrected chi connectivity index (χ1v) is 8.62. The maximum Gasteiger partial charge on any atom is 0.320 e. The molecule has 136 valence electrons. The highest BCUT2D eigenvalue weighted by Crippen LogP contribution is 2.41. The van der Waals surface area contributed by atoms with Crippen LogP contribution in [0.2, 0.25) is 0 Å². The maximum atomic E-state index is 12.2. The Morgan fingerprint density at radius 3 is 2.42 bits per heavy atom. The fourth-order valence-electron chi connectivity index (χ4n) is 3.59. The Hall–Kier alpha value is -2.82. The van der Waals surface area contributed by atoms with Gasteiger partial charge in [-0.1, -0.05) is 36.4 Å². The molecule has 26 heavy (non-hydrogen) atoms. The van der Waals surface area contributed by atoms with Crippen LogP contribution in [-0.2, 0) is 25.6 Å². The Balaban J connectivity index is 1.98. The summed E-state index contributed by atoms with van der Waals surface area (Å²) in [5, 5.41) is 0. The summed E-state index contributed by atoms with van der Waals surface area (Å²) >= 11 is 0. The van der Waals surface area contributed by atoms with E-state index in [0.29, 0.717) is 6.42 Å². The fourth-order valence-corrected chi connectivity index (χ4v) is 3.59. The SMILES string of the molecule is COC(=O)C(CC1c2ccccc2CN1c1cccc(C)c1)C(=O)OC. The summed E-state index contributed by atoms with van der Waals surface area (Å²) in [7, 11) is 2.58. The van der Waals surface area contributed by atoms with Gasteiger partial charge in [0.2, 0.25) is 0 Å². The zero-order chi connectivity index (χ0) is 18.7. The molecule has 0 N–H and O–H groups in total. The summed E-state index contributed by atoms with van der Waals surface area (Å²) in [5.41, 5.74) is 4.56. The number of ether oxygens (including phenoxy) is 2. The topological polar surface area (TPSA) is 55.8 Å².